The van der Waals surface area contributed by atoms with Crippen LogP contribution >= 0.6 is 11.6 Å². The van der Waals surface area contributed by atoms with Crippen molar-refractivity contribution in [1.82, 2.24) is 5.32 Å². The number of ether oxygens (including phenoxy) is 1. The number of methoxy groups -OCH3 is 1. The molecule has 2 aromatic carbocycles. The first kappa shape index (κ1) is 13.9. The Morgan fingerprint density at radius 2 is 1.95 bits per heavy atom. The van der Waals surface area contributed by atoms with E-state index in [1.54, 1.807) is 7.11 Å². The Labute approximate surface area is 119 Å². The molecule has 19 heavy (non-hydrogen) atoms. The third-order valence-electron chi connectivity index (χ3n) is 3.03. The minimum atomic E-state index is 0.776. The number of nitrogens with one attached hydrogen (secondary N) is 1. The van der Waals surface area contributed by atoms with E-state index < -0.39 is 0 Å². The summed E-state index contributed by atoms with van der Waals surface area (Å²) in [4.78, 5) is 0. The Hall–Kier alpha value is -1.51. The largest absolute Gasteiger partial charge is 0.496 e. The monoisotopic (exact) mass is 275 g/mol. The smallest absolute Gasteiger partial charge is 0.126 e. The molecule has 0 spiro atoms. The lowest BCUT2D eigenvalue weighted by Crippen LogP contribution is -2.12. The van der Waals surface area contributed by atoms with Gasteiger partial charge in [-0.15, -0.1) is 0 Å². The van der Waals surface area contributed by atoms with Crippen LogP contribution in [0.15, 0.2) is 42.5 Å². The van der Waals surface area contributed by atoms with Gasteiger partial charge in [0.2, 0.25) is 0 Å². The van der Waals surface area contributed by atoms with Gasteiger partial charge in [-0.3, -0.25) is 0 Å². The van der Waals surface area contributed by atoms with Gasteiger partial charge < -0.3 is 10.1 Å². The predicted octanol–water partition coefficient (Wildman–Crippen LogP) is 4.13. The van der Waals surface area contributed by atoms with Crippen LogP contribution in [0.5, 0.6) is 5.75 Å². The maximum Gasteiger partial charge on any atom is 0.126 e. The lowest BCUT2D eigenvalue weighted by Gasteiger charge is -2.11. The summed E-state index contributed by atoms with van der Waals surface area (Å²) in [6, 6.07) is 14.1. The molecule has 0 heterocycles. The highest BCUT2D eigenvalue weighted by molar-refractivity contribution is 6.31. The summed E-state index contributed by atoms with van der Waals surface area (Å²) < 4.78 is 5.40. The Bertz CT molecular complexity index is 554. The molecule has 0 bridgehead atoms. The Morgan fingerprint density at radius 1 is 1.16 bits per heavy atom. The highest BCUT2D eigenvalue weighted by atomic mass is 35.5. The van der Waals surface area contributed by atoms with Crippen LogP contribution in [-0.4, -0.2) is 13.7 Å². The summed E-state index contributed by atoms with van der Waals surface area (Å²) in [5.74, 6) is 0.874. The van der Waals surface area contributed by atoms with E-state index in [1.165, 1.54) is 0 Å². The average molecular weight is 276 g/mol. The van der Waals surface area contributed by atoms with Gasteiger partial charge in [-0.1, -0.05) is 42.8 Å². The fraction of sp³-hybridized carbons (Fsp3) is 0.250. The van der Waals surface area contributed by atoms with Crippen molar-refractivity contribution in [2.75, 3.05) is 13.7 Å². The molecule has 0 atom stereocenters. The zero-order valence-corrected chi connectivity index (χ0v) is 12.0. The molecule has 0 aliphatic carbocycles. The van der Waals surface area contributed by atoms with E-state index in [2.05, 4.69) is 24.4 Å². The number of hydrogen-bond donors (Lipinski definition) is 1. The number of rotatable bonds is 5. The second-order valence-electron chi connectivity index (χ2n) is 4.29. The van der Waals surface area contributed by atoms with E-state index in [0.29, 0.717) is 0 Å². The molecule has 0 amide bonds. The average Bonchev–Trinajstić information content (AvgIpc) is 2.46. The molecule has 0 aliphatic rings. The third-order valence-corrected chi connectivity index (χ3v) is 3.40. The van der Waals surface area contributed by atoms with E-state index in [1.807, 2.05) is 30.3 Å². The van der Waals surface area contributed by atoms with Crippen molar-refractivity contribution in [2.45, 2.75) is 13.5 Å². The Kier molecular flexibility index (Phi) is 4.83. The maximum absolute atomic E-state index is 6.22. The third kappa shape index (κ3) is 3.28. The highest BCUT2D eigenvalue weighted by Crippen LogP contribution is 2.31. The maximum atomic E-state index is 6.22. The molecule has 100 valence electrons. The van der Waals surface area contributed by atoms with Crippen LogP contribution in [-0.2, 0) is 6.54 Å². The van der Waals surface area contributed by atoms with E-state index in [4.69, 9.17) is 16.3 Å². The lowest BCUT2D eigenvalue weighted by molar-refractivity contribution is 0.416. The van der Waals surface area contributed by atoms with Crippen molar-refractivity contribution in [2.24, 2.45) is 0 Å². The second kappa shape index (κ2) is 6.60. The molecular weight excluding hydrogens is 258 g/mol. The molecule has 2 aromatic rings. The van der Waals surface area contributed by atoms with Crippen LogP contribution in [0.25, 0.3) is 11.1 Å². The van der Waals surface area contributed by atoms with E-state index in [9.17, 15) is 0 Å². The van der Waals surface area contributed by atoms with E-state index >= 15 is 0 Å². The van der Waals surface area contributed by atoms with Crippen LogP contribution in [0.1, 0.15) is 12.5 Å². The number of hydrogen-bond acceptors (Lipinski definition) is 2. The second-order valence-corrected chi connectivity index (χ2v) is 4.69. The van der Waals surface area contributed by atoms with Gasteiger partial charge in [-0.2, -0.15) is 0 Å². The standard InChI is InChI=1S/C16H18ClNO/c1-3-18-11-13-10-12(8-9-15(13)17)14-6-4-5-7-16(14)19-2/h4-10,18H,3,11H2,1-2H3. The summed E-state index contributed by atoms with van der Waals surface area (Å²) in [6.45, 7) is 3.78. The minimum Gasteiger partial charge on any atom is -0.496 e. The summed E-state index contributed by atoms with van der Waals surface area (Å²) >= 11 is 6.22. The van der Waals surface area contributed by atoms with Gasteiger partial charge in [0.25, 0.3) is 0 Å². The molecule has 0 fully saturated rings. The van der Waals surface area contributed by atoms with Gasteiger partial charge in [-0.05, 0) is 35.9 Å². The number of para-hydroxylation sites is 1. The molecular formula is C16H18ClNO. The van der Waals surface area contributed by atoms with Crippen LogP contribution < -0.4 is 10.1 Å². The van der Waals surface area contributed by atoms with Crippen LogP contribution in [0, 0.1) is 0 Å². The molecule has 0 saturated heterocycles. The SMILES string of the molecule is CCNCc1cc(-c2ccccc2OC)ccc1Cl. The van der Waals surface area contributed by atoms with Gasteiger partial charge >= 0.3 is 0 Å². The summed E-state index contributed by atoms with van der Waals surface area (Å²) in [5, 5.41) is 4.09. The molecule has 0 saturated carbocycles. The first-order chi connectivity index (χ1) is 9.26. The van der Waals surface area contributed by atoms with Gasteiger partial charge in [0.05, 0.1) is 7.11 Å². The van der Waals surface area contributed by atoms with Gasteiger partial charge in [0, 0.05) is 17.1 Å². The zero-order chi connectivity index (χ0) is 13.7. The molecule has 0 unspecified atom stereocenters. The van der Waals surface area contributed by atoms with Crippen molar-refractivity contribution in [3.8, 4) is 16.9 Å². The summed E-state index contributed by atoms with van der Waals surface area (Å²) in [5.41, 5.74) is 3.31. The quantitative estimate of drug-likeness (QED) is 0.886. The van der Waals surface area contributed by atoms with Crippen molar-refractivity contribution in [3.05, 3.63) is 53.1 Å². The predicted molar refractivity (Wildman–Crippen MR) is 80.8 cm³/mol. The highest BCUT2D eigenvalue weighted by Gasteiger charge is 2.07. The number of benzene rings is 2. The molecule has 0 radical (unpaired) electrons. The van der Waals surface area contributed by atoms with Gasteiger partial charge in [0.1, 0.15) is 5.75 Å². The normalized spacial score (nSPS) is 10.5. The van der Waals surface area contributed by atoms with Crippen molar-refractivity contribution < 1.29 is 4.74 Å². The van der Waals surface area contributed by atoms with E-state index in [0.717, 1.165) is 40.6 Å². The molecule has 3 heteroatoms. The van der Waals surface area contributed by atoms with Gasteiger partial charge in [-0.25, -0.2) is 0 Å². The number of halogens is 1. The first-order valence-electron chi connectivity index (χ1n) is 6.38. The van der Waals surface area contributed by atoms with Gasteiger partial charge in [0.15, 0.2) is 0 Å². The molecule has 2 rings (SSSR count). The molecule has 1 N–H and O–H groups in total. The van der Waals surface area contributed by atoms with Crippen molar-refractivity contribution in [1.29, 1.82) is 0 Å². The van der Waals surface area contributed by atoms with Crippen molar-refractivity contribution in [3.63, 3.8) is 0 Å². The minimum absolute atomic E-state index is 0.776. The molecule has 0 aliphatic heterocycles. The topological polar surface area (TPSA) is 21.3 Å². The molecule has 2 nitrogen and oxygen atoms in total. The van der Waals surface area contributed by atoms with Crippen LogP contribution in [0.2, 0.25) is 5.02 Å². The first-order valence-corrected chi connectivity index (χ1v) is 6.76. The molecule has 0 aromatic heterocycles. The summed E-state index contributed by atoms with van der Waals surface area (Å²) in [6.07, 6.45) is 0. The van der Waals surface area contributed by atoms with Crippen LogP contribution in [0.4, 0.5) is 0 Å². The van der Waals surface area contributed by atoms with Crippen molar-refractivity contribution >= 4 is 11.6 Å². The summed E-state index contributed by atoms with van der Waals surface area (Å²) in [7, 11) is 1.69. The Balaban J connectivity index is 2.39. The fourth-order valence-corrected chi connectivity index (χ4v) is 2.20. The van der Waals surface area contributed by atoms with Crippen LogP contribution in [0.3, 0.4) is 0 Å². The van der Waals surface area contributed by atoms with E-state index in [-0.39, 0.29) is 0 Å². The Morgan fingerprint density at radius 3 is 2.68 bits per heavy atom. The lowest BCUT2D eigenvalue weighted by atomic mass is 10.0. The fourth-order valence-electron chi connectivity index (χ4n) is 2.02. The zero-order valence-electron chi connectivity index (χ0n) is 11.2.